The van der Waals surface area contributed by atoms with Crippen LogP contribution in [0, 0.1) is 0 Å². The second kappa shape index (κ2) is 6.44. The van der Waals surface area contributed by atoms with Crippen molar-refractivity contribution in [2.45, 2.75) is 38.7 Å². The van der Waals surface area contributed by atoms with E-state index in [-0.39, 0.29) is 6.10 Å². The molecule has 1 N–H and O–H groups in total. The highest BCUT2D eigenvalue weighted by atomic mass is 16.3. The summed E-state index contributed by atoms with van der Waals surface area (Å²) in [7, 11) is 0. The third-order valence-electron chi connectivity index (χ3n) is 4.24. The largest absolute Gasteiger partial charge is 0.391 e. The van der Waals surface area contributed by atoms with Crippen molar-refractivity contribution >= 4 is 5.82 Å². The summed E-state index contributed by atoms with van der Waals surface area (Å²) in [4.78, 5) is 2.10. The minimum Gasteiger partial charge on any atom is -0.391 e. The second-order valence-corrected chi connectivity index (χ2v) is 6.30. The van der Waals surface area contributed by atoms with Gasteiger partial charge in [-0.2, -0.15) is 0 Å². The maximum absolute atomic E-state index is 9.75. The molecule has 22 heavy (non-hydrogen) atoms. The number of rotatable bonds is 3. The fraction of sp³-hybridized carbons (Fsp3) is 0.444. The Labute approximate surface area is 131 Å². The Bertz CT molecular complexity index is 607. The van der Waals surface area contributed by atoms with E-state index in [9.17, 15) is 5.11 Å². The zero-order chi connectivity index (χ0) is 15.5. The molecule has 1 aromatic heterocycles. The molecule has 1 aliphatic rings. The van der Waals surface area contributed by atoms with Crippen molar-refractivity contribution in [1.29, 1.82) is 0 Å². The minimum atomic E-state index is -0.251. The third kappa shape index (κ3) is 3.28. The molecule has 4 heteroatoms. The lowest BCUT2D eigenvalue weighted by Crippen LogP contribution is -2.38. The first-order valence-electron chi connectivity index (χ1n) is 8.00. The molecule has 116 valence electrons. The van der Waals surface area contributed by atoms with Gasteiger partial charge in [-0.25, -0.2) is 0 Å². The van der Waals surface area contributed by atoms with E-state index >= 15 is 0 Å². The van der Waals surface area contributed by atoms with Gasteiger partial charge < -0.3 is 10.0 Å². The Balaban J connectivity index is 1.76. The summed E-state index contributed by atoms with van der Waals surface area (Å²) in [6.45, 7) is 5.97. The molecule has 0 amide bonds. The Kier molecular flexibility index (Phi) is 4.39. The highest BCUT2D eigenvalue weighted by molar-refractivity contribution is 5.60. The summed E-state index contributed by atoms with van der Waals surface area (Å²) in [6.07, 6.45) is 1.63. The highest BCUT2D eigenvalue weighted by Gasteiger charge is 2.19. The molecule has 0 bridgehead atoms. The second-order valence-electron chi connectivity index (χ2n) is 6.30. The lowest BCUT2D eigenvalue weighted by Gasteiger charge is -2.30. The SMILES string of the molecule is CC(C)c1ccc(-c2ccc(N3CCCC(O)C3)nn2)cc1. The molecule has 2 aromatic rings. The number of hydrogen-bond donors (Lipinski definition) is 1. The normalized spacial score (nSPS) is 18.7. The van der Waals surface area contributed by atoms with Crippen LogP contribution in [-0.4, -0.2) is 34.5 Å². The van der Waals surface area contributed by atoms with Crippen LogP contribution < -0.4 is 4.90 Å². The Morgan fingerprint density at radius 2 is 1.86 bits per heavy atom. The van der Waals surface area contributed by atoms with E-state index in [1.54, 1.807) is 0 Å². The number of hydrogen-bond acceptors (Lipinski definition) is 4. The van der Waals surface area contributed by atoms with Gasteiger partial charge in [0, 0.05) is 18.7 Å². The molecule has 1 unspecified atom stereocenters. The van der Waals surface area contributed by atoms with Crippen LogP contribution in [-0.2, 0) is 0 Å². The van der Waals surface area contributed by atoms with E-state index < -0.39 is 0 Å². The van der Waals surface area contributed by atoms with Gasteiger partial charge in [-0.1, -0.05) is 38.1 Å². The van der Waals surface area contributed by atoms with Gasteiger partial charge in [-0.05, 0) is 36.5 Å². The van der Waals surface area contributed by atoms with Crippen LogP contribution in [0.3, 0.4) is 0 Å². The summed E-state index contributed by atoms with van der Waals surface area (Å²) >= 11 is 0. The number of nitrogens with zero attached hydrogens (tertiary/aromatic N) is 3. The monoisotopic (exact) mass is 297 g/mol. The Morgan fingerprint density at radius 1 is 1.09 bits per heavy atom. The summed E-state index contributed by atoms with van der Waals surface area (Å²) < 4.78 is 0. The van der Waals surface area contributed by atoms with E-state index in [2.05, 4.69) is 53.2 Å². The van der Waals surface area contributed by atoms with Crippen LogP contribution >= 0.6 is 0 Å². The lowest BCUT2D eigenvalue weighted by atomic mass is 10.0. The lowest BCUT2D eigenvalue weighted by molar-refractivity contribution is 0.154. The first-order chi connectivity index (χ1) is 10.6. The molecule has 1 saturated heterocycles. The number of anilines is 1. The summed E-state index contributed by atoms with van der Waals surface area (Å²) in [5.74, 6) is 1.38. The van der Waals surface area contributed by atoms with Gasteiger partial charge in [0.05, 0.1) is 11.8 Å². The van der Waals surface area contributed by atoms with Crippen molar-refractivity contribution in [2.75, 3.05) is 18.0 Å². The smallest absolute Gasteiger partial charge is 0.151 e. The van der Waals surface area contributed by atoms with Crippen molar-refractivity contribution in [3.63, 3.8) is 0 Å². The number of piperidine rings is 1. The molecule has 1 atom stereocenters. The average molecular weight is 297 g/mol. The van der Waals surface area contributed by atoms with E-state index in [4.69, 9.17) is 0 Å². The van der Waals surface area contributed by atoms with Gasteiger partial charge in [0.1, 0.15) is 0 Å². The number of aliphatic hydroxyl groups is 1. The van der Waals surface area contributed by atoms with Gasteiger partial charge in [0.25, 0.3) is 0 Å². The van der Waals surface area contributed by atoms with Gasteiger partial charge >= 0.3 is 0 Å². The number of β-amino-alcohol motifs (C(OH)–C–C–N with tert-alkyl or cyclic N) is 1. The van der Waals surface area contributed by atoms with Crippen LogP contribution in [0.15, 0.2) is 36.4 Å². The summed E-state index contributed by atoms with van der Waals surface area (Å²) in [6, 6.07) is 12.5. The van der Waals surface area contributed by atoms with Gasteiger partial charge in [-0.15, -0.1) is 10.2 Å². The number of aromatic nitrogens is 2. The van der Waals surface area contributed by atoms with Crippen LogP contribution in [0.2, 0.25) is 0 Å². The van der Waals surface area contributed by atoms with Crippen LogP contribution in [0.4, 0.5) is 5.82 Å². The zero-order valence-electron chi connectivity index (χ0n) is 13.2. The molecule has 0 radical (unpaired) electrons. The van der Waals surface area contributed by atoms with Crippen LogP contribution in [0.25, 0.3) is 11.3 Å². The molecule has 0 saturated carbocycles. The first-order valence-corrected chi connectivity index (χ1v) is 8.00. The predicted octanol–water partition coefficient (Wildman–Crippen LogP) is 3.23. The van der Waals surface area contributed by atoms with Gasteiger partial charge in [0.15, 0.2) is 5.82 Å². The van der Waals surface area contributed by atoms with Crippen molar-refractivity contribution in [2.24, 2.45) is 0 Å². The third-order valence-corrected chi connectivity index (χ3v) is 4.24. The fourth-order valence-electron chi connectivity index (χ4n) is 2.85. The van der Waals surface area contributed by atoms with Crippen LogP contribution in [0.5, 0.6) is 0 Å². The van der Waals surface area contributed by atoms with E-state index in [1.807, 2.05) is 12.1 Å². The summed E-state index contributed by atoms with van der Waals surface area (Å²) in [5.41, 5.74) is 3.30. The van der Waals surface area contributed by atoms with Crippen molar-refractivity contribution < 1.29 is 5.11 Å². The Morgan fingerprint density at radius 3 is 2.45 bits per heavy atom. The maximum atomic E-state index is 9.75. The zero-order valence-corrected chi connectivity index (χ0v) is 13.2. The molecular formula is C18H23N3O. The molecule has 4 nitrogen and oxygen atoms in total. The average Bonchev–Trinajstić information content (AvgIpc) is 2.55. The van der Waals surface area contributed by atoms with Crippen molar-refractivity contribution in [1.82, 2.24) is 10.2 Å². The molecule has 1 aliphatic heterocycles. The minimum absolute atomic E-state index is 0.251. The molecular weight excluding hydrogens is 274 g/mol. The first kappa shape index (κ1) is 15.0. The molecule has 3 rings (SSSR count). The van der Waals surface area contributed by atoms with Gasteiger partial charge in [0.2, 0.25) is 0 Å². The van der Waals surface area contributed by atoms with Crippen LogP contribution in [0.1, 0.15) is 38.2 Å². The number of aliphatic hydroxyl groups excluding tert-OH is 1. The Hall–Kier alpha value is -1.94. The van der Waals surface area contributed by atoms with Crippen molar-refractivity contribution in [3.8, 4) is 11.3 Å². The van der Waals surface area contributed by atoms with Crippen molar-refractivity contribution in [3.05, 3.63) is 42.0 Å². The molecule has 1 aromatic carbocycles. The number of benzene rings is 1. The van der Waals surface area contributed by atoms with E-state index in [1.165, 1.54) is 5.56 Å². The maximum Gasteiger partial charge on any atom is 0.151 e. The van der Waals surface area contributed by atoms with Gasteiger partial charge in [-0.3, -0.25) is 0 Å². The summed E-state index contributed by atoms with van der Waals surface area (Å²) in [5, 5.41) is 18.4. The van der Waals surface area contributed by atoms with E-state index in [0.717, 1.165) is 36.5 Å². The quantitative estimate of drug-likeness (QED) is 0.945. The fourth-order valence-corrected chi connectivity index (χ4v) is 2.85. The standard InChI is InChI=1S/C18H23N3O/c1-13(2)14-5-7-15(8-6-14)17-9-10-18(20-19-17)21-11-3-4-16(22)12-21/h5-10,13,16,22H,3-4,11-12H2,1-2H3. The predicted molar refractivity (Wildman–Crippen MR) is 89.0 cm³/mol. The highest BCUT2D eigenvalue weighted by Crippen LogP contribution is 2.23. The molecule has 2 heterocycles. The van der Waals surface area contributed by atoms with E-state index in [0.29, 0.717) is 12.5 Å². The molecule has 0 spiro atoms. The molecule has 1 fully saturated rings. The topological polar surface area (TPSA) is 49.2 Å². The molecule has 0 aliphatic carbocycles.